The number of benzene rings is 3. The molecule has 0 heterocycles. The summed E-state index contributed by atoms with van der Waals surface area (Å²) >= 11 is 0. The molecule has 26 heavy (non-hydrogen) atoms. The van der Waals surface area contributed by atoms with Gasteiger partial charge in [0.05, 0.1) is 0 Å². The van der Waals surface area contributed by atoms with E-state index in [0.29, 0.717) is 0 Å². The number of rotatable bonds is 5. The fourth-order valence-corrected chi connectivity index (χ4v) is 3.09. The van der Waals surface area contributed by atoms with Crippen LogP contribution in [0.2, 0.25) is 0 Å². The van der Waals surface area contributed by atoms with Gasteiger partial charge in [-0.2, -0.15) is 0 Å². The van der Waals surface area contributed by atoms with Crippen LogP contribution < -0.4 is 0 Å². The summed E-state index contributed by atoms with van der Waals surface area (Å²) in [5.41, 5.74) is 9.47. The van der Waals surface area contributed by atoms with E-state index in [9.17, 15) is 0 Å². The van der Waals surface area contributed by atoms with Gasteiger partial charge in [-0.05, 0) is 53.3 Å². The number of hydrogen-bond acceptors (Lipinski definition) is 0. The highest BCUT2D eigenvalue weighted by Crippen LogP contribution is 2.32. The van der Waals surface area contributed by atoms with Gasteiger partial charge in [0.2, 0.25) is 0 Å². The number of hydrogen-bond donors (Lipinski definition) is 0. The number of allylic oxidation sites excluding steroid dienone is 2. The Hall–Kier alpha value is -3.12. The maximum Gasteiger partial charge on any atom is -0.0111 e. The molecule has 0 nitrogen and oxygen atoms in total. The molecule has 0 saturated heterocycles. The van der Waals surface area contributed by atoms with Gasteiger partial charge in [0.25, 0.3) is 0 Å². The van der Waals surface area contributed by atoms with Crippen LogP contribution in [0.3, 0.4) is 0 Å². The Kier molecular flexibility index (Phi) is 5.34. The van der Waals surface area contributed by atoms with Crippen LogP contribution in [-0.4, -0.2) is 0 Å². The van der Waals surface area contributed by atoms with Crippen molar-refractivity contribution in [1.82, 2.24) is 0 Å². The van der Waals surface area contributed by atoms with Gasteiger partial charge in [-0.25, -0.2) is 0 Å². The molecule has 0 aliphatic carbocycles. The van der Waals surface area contributed by atoms with Gasteiger partial charge in [-0.15, -0.1) is 0 Å². The van der Waals surface area contributed by atoms with Crippen LogP contribution in [0.5, 0.6) is 0 Å². The molecule has 0 bridgehead atoms. The van der Waals surface area contributed by atoms with Crippen molar-refractivity contribution in [2.75, 3.05) is 0 Å². The van der Waals surface area contributed by atoms with Gasteiger partial charge in [0.1, 0.15) is 0 Å². The third kappa shape index (κ3) is 3.92. The smallest absolute Gasteiger partial charge is 0.0111 e. The molecule has 0 heteroatoms. The Balaban J connectivity index is 2.11. The highest BCUT2D eigenvalue weighted by molar-refractivity contribution is 5.82. The lowest BCUT2D eigenvalue weighted by Gasteiger charge is -2.12. The molecule has 0 aliphatic heterocycles. The van der Waals surface area contributed by atoms with Crippen LogP contribution in [0.25, 0.3) is 34.4 Å². The molecule has 0 aromatic heterocycles. The molecule has 0 radical (unpaired) electrons. The molecule has 0 fully saturated rings. The van der Waals surface area contributed by atoms with Crippen molar-refractivity contribution in [3.05, 3.63) is 108 Å². The summed E-state index contributed by atoms with van der Waals surface area (Å²) in [4.78, 5) is 0. The van der Waals surface area contributed by atoms with Crippen molar-refractivity contribution >= 4 is 12.2 Å². The first-order valence-corrected chi connectivity index (χ1v) is 8.85. The second-order valence-corrected chi connectivity index (χ2v) is 6.64. The van der Waals surface area contributed by atoms with E-state index in [4.69, 9.17) is 0 Å². The maximum absolute atomic E-state index is 4.02. The largest absolute Gasteiger partial charge is 0.0984 e. The Bertz CT molecular complexity index is 972. The first kappa shape index (κ1) is 17.7. The molecule has 0 spiro atoms. The summed E-state index contributed by atoms with van der Waals surface area (Å²) in [6.45, 7) is 12.1. The summed E-state index contributed by atoms with van der Waals surface area (Å²) < 4.78 is 0. The molecule has 3 aromatic rings. The van der Waals surface area contributed by atoms with Crippen molar-refractivity contribution in [1.29, 1.82) is 0 Å². The van der Waals surface area contributed by atoms with Gasteiger partial charge in [0, 0.05) is 0 Å². The van der Waals surface area contributed by atoms with Gasteiger partial charge in [-0.1, -0.05) is 103 Å². The van der Waals surface area contributed by atoms with E-state index in [0.717, 1.165) is 11.1 Å². The molecular formula is C26H24. The average molecular weight is 336 g/mol. The van der Waals surface area contributed by atoms with E-state index >= 15 is 0 Å². The maximum atomic E-state index is 4.02. The highest BCUT2D eigenvalue weighted by Gasteiger charge is 2.08. The monoisotopic (exact) mass is 336 g/mol. The van der Waals surface area contributed by atoms with E-state index in [2.05, 4.69) is 92.9 Å². The SMILES string of the molecule is C=Cc1cc(-c2ccc(C)cc2/C=C/C(=C)C)ccc1-c1ccccc1. The molecule has 3 rings (SSSR count). The second kappa shape index (κ2) is 7.84. The first-order valence-electron chi connectivity index (χ1n) is 8.85. The third-order valence-corrected chi connectivity index (χ3v) is 4.42. The quantitative estimate of drug-likeness (QED) is 0.422. The van der Waals surface area contributed by atoms with E-state index in [1.807, 2.05) is 19.1 Å². The van der Waals surface area contributed by atoms with E-state index in [1.165, 1.54) is 33.4 Å². The van der Waals surface area contributed by atoms with E-state index in [-0.39, 0.29) is 0 Å². The van der Waals surface area contributed by atoms with Crippen LogP contribution in [0.4, 0.5) is 0 Å². The standard InChI is InChI=1S/C26H24/c1-5-21-18-24(14-16-25(21)22-9-7-6-8-10-22)26-15-12-20(4)17-23(26)13-11-19(2)3/h5-18H,1-2H2,3-4H3/b13-11+. The fraction of sp³-hybridized carbons (Fsp3) is 0.0769. The molecule has 3 aromatic carbocycles. The van der Waals surface area contributed by atoms with Crippen molar-refractivity contribution in [3.8, 4) is 22.3 Å². The van der Waals surface area contributed by atoms with E-state index < -0.39 is 0 Å². The summed E-state index contributed by atoms with van der Waals surface area (Å²) in [6, 6.07) is 23.6. The Morgan fingerprint density at radius 1 is 0.808 bits per heavy atom. The molecule has 0 aliphatic rings. The third-order valence-electron chi connectivity index (χ3n) is 4.42. The van der Waals surface area contributed by atoms with Crippen LogP contribution in [0.15, 0.2) is 91.5 Å². The molecule has 0 atom stereocenters. The zero-order valence-corrected chi connectivity index (χ0v) is 15.5. The fourth-order valence-electron chi connectivity index (χ4n) is 3.09. The summed E-state index contributed by atoms with van der Waals surface area (Å²) in [6.07, 6.45) is 6.14. The number of aryl methyl sites for hydroxylation is 1. The lowest BCUT2D eigenvalue weighted by Crippen LogP contribution is -1.89. The minimum atomic E-state index is 1.05. The lowest BCUT2D eigenvalue weighted by molar-refractivity contribution is 1.45. The van der Waals surface area contributed by atoms with Crippen LogP contribution in [0, 0.1) is 6.92 Å². The topological polar surface area (TPSA) is 0 Å². The van der Waals surface area contributed by atoms with Crippen LogP contribution >= 0.6 is 0 Å². The predicted molar refractivity (Wildman–Crippen MR) is 116 cm³/mol. The van der Waals surface area contributed by atoms with Gasteiger partial charge < -0.3 is 0 Å². The van der Waals surface area contributed by atoms with Crippen LogP contribution in [-0.2, 0) is 0 Å². The predicted octanol–water partition coefficient (Wildman–Crippen LogP) is 7.56. The van der Waals surface area contributed by atoms with Crippen molar-refractivity contribution in [3.63, 3.8) is 0 Å². The van der Waals surface area contributed by atoms with E-state index in [1.54, 1.807) is 0 Å². The molecule has 0 unspecified atom stereocenters. The second-order valence-electron chi connectivity index (χ2n) is 6.64. The normalized spacial score (nSPS) is 10.8. The van der Waals surface area contributed by atoms with Crippen molar-refractivity contribution < 1.29 is 0 Å². The van der Waals surface area contributed by atoms with Crippen molar-refractivity contribution in [2.24, 2.45) is 0 Å². The average Bonchev–Trinajstić information content (AvgIpc) is 2.66. The molecule has 0 saturated carbocycles. The molecule has 0 amide bonds. The summed E-state index contributed by atoms with van der Waals surface area (Å²) in [7, 11) is 0. The highest BCUT2D eigenvalue weighted by atomic mass is 14.1. The zero-order valence-electron chi connectivity index (χ0n) is 15.5. The Morgan fingerprint density at radius 2 is 1.50 bits per heavy atom. The molecular weight excluding hydrogens is 312 g/mol. The molecule has 0 N–H and O–H groups in total. The zero-order chi connectivity index (χ0) is 18.5. The summed E-state index contributed by atoms with van der Waals surface area (Å²) in [5.74, 6) is 0. The Labute approximate surface area is 156 Å². The first-order chi connectivity index (χ1) is 12.6. The van der Waals surface area contributed by atoms with Gasteiger partial charge in [0.15, 0.2) is 0 Å². The minimum Gasteiger partial charge on any atom is -0.0984 e. The van der Waals surface area contributed by atoms with Gasteiger partial charge >= 0.3 is 0 Å². The Morgan fingerprint density at radius 3 is 2.19 bits per heavy atom. The van der Waals surface area contributed by atoms with Crippen LogP contribution in [0.1, 0.15) is 23.6 Å². The lowest BCUT2D eigenvalue weighted by atomic mass is 9.92. The molecule has 128 valence electrons. The van der Waals surface area contributed by atoms with Crippen molar-refractivity contribution in [2.45, 2.75) is 13.8 Å². The van der Waals surface area contributed by atoms with Gasteiger partial charge in [-0.3, -0.25) is 0 Å². The summed E-state index contributed by atoms with van der Waals surface area (Å²) in [5, 5.41) is 0. The minimum absolute atomic E-state index is 1.05.